The summed E-state index contributed by atoms with van der Waals surface area (Å²) in [6, 6.07) is 1.67. The van der Waals surface area contributed by atoms with Gasteiger partial charge in [-0.25, -0.2) is 13.2 Å². The van der Waals surface area contributed by atoms with Crippen LogP contribution in [0, 0.1) is 17.5 Å². The SMILES string of the molecule is C[Si](C)(CBr)OCc1c(F)ccc(F)c1F. The monoisotopic (exact) mass is 312 g/mol. The van der Waals surface area contributed by atoms with Gasteiger partial charge in [-0.2, -0.15) is 0 Å². The summed E-state index contributed by atoms with van der Waals surface area (Å²) >= 11 is 3.27. The topological polar surface area (TPSA) is 9.23 Å². The Kier molecular flexibility index (Phi) is 4.58. The van der Waals surface area contributed by atoms with Gasteiger partial charge in [-0.05, 0) is 25.2 Å². The Labute approximate surface area is 102 Å². The van der Waals surface area contributed by atoms with Gasteiger partial charge in [0.15, 0.2) is 20.0 Å². The van der Waals surface area contributed by atoms with E-state index in [1.165, 1.54) is 0 Å². The van der Waals surface area contributed by atoms with Crippen LogP contribution in [0.2, 0.25) is 13.1 Å². The van der Waals surface area contributed by atoms with Crippen molar-refractivity contribution >= 4 is 24.2 Å². The van der Waals surface area contributed by atoms with Crippen LogP contribution in [0.5, 0.6) is 0 Å². The molecule has 0 atom stereocenters. The quantitative estimate of drug-likeness (QED) is 0.467. The average molecular weight is 313 g/mol. The molecule has 0 aliphatic rings. The van der Waals surface area contributed by atoms with Gasteiger partial charge in [-0.1, -0.05) is 15.9 Å². The Morgan fingerprint density at radius 1 is 1.19 bits per heavy atom. The maximum atomic E-state index is 13.3. The van der Waals surface area contributed by atoms with Crippen molar-refractivity contribution in [3.05, 3.63) is 35.1 Å². The molecule has 0 saturated carbocycles. The van der Waals surface area contributed by atoms with Crippen LogP contribution >= 0.6 is 15.9 Å². The van der Waals surface area contributed by atoms with Crippen molar-refractivity contribution in [2.24, 2.45) is 0 Å². The van der Waals surface area contributed by atoms with E-state index < -0.39 is 25.8 Å². The van der Waals surface area contributed by atoms with Crippen LogP contribution in [0.3, 0.4) is 0 Å². The van der Waals surface area contributed by atoms with E-state index in [2.05, 4.69) is 15.9 Å². The molecule has 0 N–H and O–H groups in total. The van der Waals surface area contributed by atoms with Gasteiger partial charge >= 0.3 is 0 Å². The maximum absolute atomic E-state index is 13.3. The van der Waals surface area contributed by atoms with Crippen LogP contribution < -0.4 is 0 Å². The zero-order valence-corrected chi connectivity index (χ0v) is 11.6. The first-order valence-electron chi connectivity index (χ1n) is 4.69. The number of rotatable bonds is 4. The molecular formula is C10H12BrF3OSi. The highest BCUT2D eigenvalue weighted by Gasteiger charge is 2.23. The van der Waals surface area contributed by atoms with Gasteiger partial charge < -0.3 is 4.43 Å². The minimum Gasteiger partial charge on any atom is -0.412 e. The third kappa shape index (κ3) is 3.33. The second-order valence-electron chi connectivity index (χ2n) is 4.00. The molecule has 1 aromatic carbocycles. The minimum atomic E-state index is -1.96. The van der Waals surface area contributed by atoms with Crippen LogP contribution in [0.1, 0.15) is 5.56 Å². The van der Waals surface area contributed by atoms with E-state index in [0.29, 0.717) is 4.95 Å². The van der Waals surface area contributed by atoms with Crippen molar-refractivity contribution < 1.29 is 17.6 Å². The van der Waals surface area contributed by atoms with Crippen molar-refractivity contribution in [3.8, 4) is 0 Å². The highest BCUT2D eigenvalue weighted by atomic mass is 79.9. The van der Waals surface area contributed by atoms with Crippen LogP contribution in [-0.4, -0.2) is 13.3 Å². The van der Waals surface area contributed by atoms with Crippen molar-refractivity contribution in [2.75, 3.05) is 4.95 Å². The van der Waals surface area contributed by atoms with Gasteiger partial charge in [0.1, 0.15) is 5.82 Å². The first kappa shape index (κ1) is 13.7. The summed E-state index contributed by atoms with van der Waals surface area (Å²) in [6.07, 6.45) is 0. The highest BCUT2D eigenvalue weighted by molar-refractivity contribution is 9.09. The third-order valence-electron chi connectivity index (χ3n) is 2.07. The predicted octanol–water partition coefficient (Wildman–Crippen LogP) is 3.76. The van der Waals surface area contributed by atoms with E-state index in [4.69, 9.17) is 4.43 Å². The lowest BCUT2D eigenvalue weighted by Crippen LogP contribution is -2.32. The Bertz CT molecular complexity index is 385. The molecule has 16 heavy (non-hydrogen) atoms. The van der Waals surface area contributed by atoms with Gasteiger partial charge in [0.05, 0.1) is 12.2 Å². The normalized spacial score (nSPS) is 11.9. The van der Waals surface area contributed by atoms with Gasteiger partial charge in [0.25, 0.3) is 0 Å². The molecular weight excluding hydrogens is 301 g/mol. The molecule has 0 fully saturated rings. The van der Waals surface area contributed by atoms with E-state index in [9.17, 15) is 13.2 Å². The Morgan fingerprint density at radius 2 is 1.75 bits per heavy atom. The molecule has 1 rings (SSSR count). The molecule has 0 bridgehead atoms. The fourth-order valence-corrected chi connectivity index (χ4v) is 2.11. The zero-order chi connectivity index (χ0) is 12.3. The van der Waals surface area contributed by atoms with Crippen molar-refractivity contribution in [1.29, 1.82) is 0 Å². The van der Waals surface area contributed by atoms with Crippen LogP contribution in [0.25, 0.3) is 0 Å². The maximum Gasteiger partial charge on any atom is 0.197 e. The average Bonchev–Trinajstić information content (AvgIpc) is 2.24. The molecule has 0 spiro atoms. The largest absolute Gasteiger partial charge is 0.412 e. The van der Waals surface area contributed by atoms with Crippen molar-refractivity contribution in [3.63, 3.8) is 0 Å². The first-order chi connectivity index (χ1) is 7.37. The number of hydrogen-bond acceptors (Lipinski definition) is 1. The zero-order valence-electron chi connectivity index (χ0n) is 8.99. The fourth-order valence-electron chi connectivity index (χ4n) is 1.01. The number of hydrogen-bond donors (Lipinski definition) is 0. The Balaban J connectivity index is 2.86. The molecule has 1 nitrogen and oxygen atoms in total. The van der Waals surface area contributed by atoms with Crippen LogP contribution in [0.4, 0.5) is 13.2 Å². The molecule has 0 aliphatic heterocycles. The van der Waals surface area contributed by atoms with E-state index in [1.807, 2.05) is 13.1 Å². The molecule has 1 aromatic rings. The first-order valence-corrected chi connectivity index (χ1v) is 8.93. The Hall–Kier alpha value is -0.333. The third-order valence-corrected chi connectivity index (χ3v) is 7.69. The second-order valence-corrected chi connectivity index (χ2v) is 9.76. The Morgan fingerprint density at radius 3 is 2.31 bits per heavy atom. The standard InChI is InChI=1S/C10H12BrF3OSi/c1-16(2,6-11)15-5-7-8(12)3-4-9(13)10(7)14/h3-4H,5-6H2,1-2H3. The summed E-state index contributed by atoms with van der Waals surface area (Å²) in [5.74, 6) is -3.00. The second kappa shape index (κ2) is 5.33. The van der Waals surface area contributed by atoms with E-state index in [-0.39, 0.29) is 12.2 Å². The van der Waals surface area contributed by atoms with Gasteiger partial charge in [0.2, 0.25) is 0 Å². The molecule has 0 aromatic heterocycles. The lowest BCUT2D eigenvalue weighted by atomic mass is 10.2. The lowest BCUT2D eigenvalue weighted by molar-refractivity contribution is 0.282. The molecule has 0 amide bonds. The predicted molar refractivity (Wildman–Crippen MR) is 62.4 cm³/mol. The molecule has 0 unspecified atom stereocenters. The summed E-state index contributed by atoms with van der Waals surface area (Å²) in [6.45, 7) is 3.56. The fraction of sp³-hybridized carbons (Fsp3) is 0.400. The summed E-state index contributed by atoms with van der Waals surface area (Å²) in [4.78, 5) is 0.651. The lowest BCUT2D eigenvalue weighted by Gasteiger charge is -2.20. The van der Waals surface area contributed by atoms with E-state index in [0.717, 1.165) is 12.1 Å². The molecule has 90 valence electrons. The summed E-state index contributed by atoms with van der Waals surface area (Å²) in [7, 11) is -1.96. The van der Waals surface area contributed by atoms with Crippen molar-refractivity contribution in [2.45, 2.75) is 19.7 Å². The van der Waals surface area contributed by atoms with E-state index >= 15 is 0 Å². The van der Waals surface area contributed by atoms with Gasteiger partial charge in [-0.15, -0.1) is 0 Å². The molecule has 0 saturated heterocycles. The minimum absolute atomic E-state index is 0.236. The molecule has 0 aliphatic carbocycles. The van der Waals surface area contributed by atoms with E-state index in [1.54, 1.807) is 0 Å². The summed E-state index contributed by atoms with van der Waals surface area (Å²) in [5, 5.41) is 0. The van der Waals surface area contributed by atoms with Crippen LogP contribution in [0.15, 0.2) is 12.1 Å². The smallest absolute Gasteiger partial charge is 0.197 e. The molecule has 6 heteroatoms. The number of halogens is 4. The summed E-state index contributed by atoms with van der Waals surface area (Å²) < 4.78 is 44.8. The molecule has 0 radical (unpaired) electrons. The van der Waals surface area contributed by atoms with Crippen LogP contribution in [-0.2, 0) is 11.0 Å². The highest BCUT2D eigenvalue weighted by Crippen LogP contribution is 2.19. The summed E-state index contributed by atoms with van der Waals surface area (Å²) in [5.41, 5.74) is -0.346. The van der Waals surface area contributed by atoms with Gasteiger partial charge in [-0.3, -0.25) is 0 Å². The van der Waals surface area contributed by atoms with Crippen molar-refractivity contribution in [1.82, 2.24) is 0 Å². The number of benzene rings is 1. The van der Waals surface area contributed by atoms with Gasteiger partial charge in [0, 0.05) is 4.95 Å². The number of alkyl halides is 1. The molecule has 0 heterocycles.